The van der Waals surface area contributed by atoms with Gasteiger partial charge in [-0.1, -0.05) is 30.3 Å². The number of nitrogens with zero attached hydrogens (tertiary/aromatic N) is 3. The van der Waals surface area contributed by atoms with Crippen LogP contribution in [-0.4, -0.2) is 20.1 Å². The van der Waals surface area contributed by atoms with Crippen molar-refractivity contribution < 1.29 is 9.50 Å². The van der Waals surface area contributed by atoms with Crippen molar-refractivity contribution in [3.63, 3.8) is 0 Å². The number of rotatable bonds is 5. The summed E-state index contributed by atoms with van der Waals surface area (Å²) in [5.74, 6) is -0.258. The number of hydrogen-bond donors (Lipinski definition) is 1. The second-order valence-corrected chi connectivity index (χ2v) is 4.19. The molecule has 19 heavy (non-hydrogen) atoms. The minimum Gasteiger partial charge on any atom is -0.390 e. The van der Waals surface area contributed by atoms with Crippen LogP contribution in [0.2, 0.25) is 0 Å². The molecule has 0 spiro atoms. The summed E-state index contributed by atoms with van der Waals surface area (Å²) in [4.78, 5) is 0. The number of benzene rings is 1. The lowest BCUT2D eigenvalue weighted by Crippen LogP contribution is -2.02. The van der Waals surface area contributed by atoms with Gasteiger partial charge in [-0.05, 0) is 30.2 Å². The fourth-order valence-electron chi connectivity index (χ4n) is 1.78. The highest BCUT2D eigenvalue weighted by atomic mass is 19.1. The van der Waals surface area contributed by atoms with Crippen molar-refractivity contribution in [2.45, 2.75) is 26.5 Å². The molecule has 1 aromatic heterocycles. The van der Waals surface area contributed by atoms with Gasteiger partial charge in [-0.15, -0.1) is 5.10 Å². The average Bonchev–Trinajstić information content (AvgIpc) is 2.81. The molecule has 1 aromatic carbocycles. The molecule has 2 rings (SSSR count). The zero-order valence-electron chi connectivity index (χ0n) is 10.8. The first kappa shape index (κ1) is 13.4. The van der Waals surface area contributed by atoms with Crippen LogP contribution in [0.4, 0.5) is 4.39 Å². The Labute approximate surface area is 111 Å². The molecule has 0 aliphatic heterocycles. The Bertz CT molecular complexity index is 561. The standard InChI is InChI=1S/C14H16FN3O/c1-2-9-18-14(13(10-19)16-17-18)8-5-11-3-6-12(15)7-4-11/h3-8,19H,2,9-10H2,1H3/b8-5+. The third-order valence-corrected chi connectivity index (χ3v) is 2.74. The Balaban J connectivity index is 2.26. The first-order valence-electron chi connectivity index (χ1n) is 6.21. The largest absolute Gasteiger partial charge is 0.390 e. The molecule has 0 fully saturated rings. The van der Waals surface area contributed by atoms with Gasteiger partial charge < -0.3 is 5.11 Å². The van der Waals surface area contributed by atoms with Gasteiger partial charge in [0.15, 0.2) is 0 Å². The summed E-state index contributed by atoms with van der Waals surface area (Å²) < 4.78 is 14.6. The number of aliphatic hydroxyl groups is 1. The average molecular weight is 261 g/mol. The predicted molar refractivity (Wildman–Crippen MR) is 71.6 cm³/mol. The van der Waals surface area contributed by atoms with E-state index in [9.17, 15) is 9.50 Å². The molecule has 2 aromatic rings. The molecule has 0 unspecified atom stereocenters. The number of halogens is 1. The summed E-state index contributed by atoms with van der Waals surface area (Å²) in [6.07, 6.45) is 4.63. The maximum atomic E-state index is 12.8. The smallest absolute Gasteiger partial charge is 0.123 e. The summed E-state index contributed by atoms with van der Waals surface area (Å²) in [5.41, 5.74) is 2.22. The minimum atomic E-state index is -0.258. The van der Waals surface area contributed by atoms with Gasteiger partial charge in [-0.2, -0.15) is 0 Å². The number of hydrogen-bond acceptors (Lipinski definition) is 3. The van der Waals surface area contributed by atoms with Gasteiger partial charge in [0.1, 0.15) is 11.5 Å². The maximum Gasteiger partial charge on any atom is 0.123 e. The number of aryl methyl sites for hydroxylation is 1. The van der Waals surface area contributed by atoms with Crippen LogP contribution in [-0.2, 0) is 13.2 Å². The SMILES string of the molecule is CCCn1nnc(CO)c1/C=C/c1ccc(F)cc1. The molecular formula is C14H16FN3O. The van der Waals surface area contributed by atoms with Crippen molar-refractivity contribution in [2.24, 2.45) is 0 Å². The molecule has 0 bridgehead atoms. The summed E-state index contributed by atoms with van der Waals surface area (Å²) in [6, 6.07) is 6.21. The van der Waals surface area contributed by atoms with E-state index in [1.54, 1.807) is 16.8 Å². The van der Waals surface area contributed by atoms with E-state index in [1.807, 2.05) is 19.1 Å². The van der Waals surface area contributed by atoms with Gasteiger partial charge >= 0.3 is 0 Å². The van der Waals surface area contributed by atoms with Crippen molar-refractivity contribution >= 4 is 12.2 Å². The third kappa shape index (κ3) is 3.26. The van der Waals surface area contributed by atoms with E-state index in [4.69, 9.17) is 0 Å². The Morgan fingerprint density at radius 1 is 1.26 bits per heavy atom. The van der Waals surface area contributed by atoms with E-state index in [2.05, 4.69) is 10.3 Å². The lowest BCUT2D eigenvalue weighted by Gasteiger charge is -2.01. The molecule has 0 aliphatic carbocycles. The van der Waals surface area contributed by atoms with Gasteiger partial charge in [-0.3, -0.25) is 0 Å². The monoisotopic (exact) mass is 261 g/mol. The highest BCUT2D eigenvalue weighted by molar-refractivity contribution is 5.68. The lowest BCUT2D eigenvalue weighted by atomic mass is 10.2. The maximum absolute atomic E-state index is 12.8. The van der Waals surface area contributed by atoms with Crippen LogP contribution in [0.3, 0.4) is 0 Å². The van der Waals surface area contributed by atoms with Crippen LogP contribution in [0.5, 0.6) is 0 Å². The second-order valence-electron chi connectivity index (χ2n) is 4.19. The molecular weight excluding hydrogens is 245 g/mol. The van der Waals surface area contributed by atoms with E-state index in [0.29, 0.717) is 5.69 Å². The zero-order valence-corrected chi connectivity index (χ0v) is 10.8. The van der Waals surface area contributed by atoms with Crippen LogP contribution in [0, 0.1) is 5.82 Å². The summed E-state index contributed by atoms with van der Waals surface area (Å²) >= 11 is 0. The van der Waals surface area contributed by atoms with Gasteiger partial charge in [0.2, 0.25) is 0 Å². The van der Waals surface area contributed by atoms with Crippen LogP contribution >= 0.6 is 0 Å². The lowest BCUT2D eigenvalue weighted by molar-refractivity contribution is 0.276. The van der Waals surface area contributed by atoms with Crippen molar-refractivity contribution in [2.75, 3.05) is 0 Å². The normalized spacial score (nSPS) is 11.3. The predicted octanol–water partition coefficient (Wildman–Crippen LogP) is 2.49. The summed E-state index contributed by atoms with van der Waals surface area (Å²) in [5, 5.41) is 17.2. The molecule has 0 aliphatic rings. The van der Waals surface area contributed by atoms with Crippen molar-refractivity contribution in [1.29, 1.82) is 0 Å². The Morgan fingerprint density at radius 3 is 2.63 bits per heavy atom. The molecule has 0 amide bonds. The van der Waals surface area contributed by atoms with E-state index in [1.165, 1.54) is 12.1 Å². The minimum absolute atomic E-state index is 0.146. The molecule has 1 N–H and O–H groups in total. The van der Waals surface area contributed by atoms with E-state index < -0.39 is 0 Å². The molecule has 1 heterocycles. The van der Waals surface area contributed by atoms with Gasteiger partial charge in [0.05, 0.1) is 12.3 Å². The van der Waals surface area contributed by atoms with Crippen LogP contribution < -0.4 is 0 Å². The third-order valence-electron chi connectivity index (χ3n) is 2.74. The second kappa shape index (κ2) is 6.24. The van der Waals surface area contributed by atoms with Gasteiger partial charge in [0, 0.05) is 6.54 Å². The van der Waals surface area contributed by atoms with Gasteiger partial charge in [0.25, 0.3) is 0 Å². The molecule has 0 atom stereocenters. The first-order chi connectivity index (χ1) is 9.24. The van der Waals surface area contributed by atoms with E-state index in [0.717, 1.165) is 24.2 Å². The fraction of sp³-hybridized carbons (Fsp3) is 0.286. The molecule has 0 saturated carbocycles. The van der Waals surface area contributed by atoms with Crippen molar-refractivity contribution in [1.82, 2.24) is 15.0 Å². The summed E-state index contributed by atoms with van der Waals surface area (Å²) in [6.45, 7) is 2.65. The number of aromatic nitrogens is 3. The summed E-state index contributed by atoms with van der Waals surface area (Å²) in [7, 11) is 0. The van der Waals surface area contributed by atoms with Crippen LogP contribution in [0.15, 0.2) is 24.3 Å². The Hall–Kier alpha value is -2.01. The molecule has 100 valence electrons. The van der Waals surface area contributed by atoms with E-state index >= 15 is 0 Å². The number of aliphatic hydroxyl groups excluding tert-OH is 1. The molecule has 5 heteroatoms. The molecule has 0 saturated heterocycles. The zero-order chi connectivity index (χ0) is 13.7. The van der Waals surface area contributed by atoms with Crippen molar-refractivity contribution in [3.05, 3.63) is 47.0 Å². The highest BCUT2D eigenvalue weighted by Crippen LogP contribution is 2.12. The van der Waals surface area contributed by atoms with Crippen LogP contribution in [0.25, 0.3) is 12.2 Å². The first-order valence-corrected chi connectivity index (χ1v) is 6.21. The molecule has 0 radical (unpaired) electrons. The highest BCUT2D eigenvalue weighted by Gasteiger charge is 2.08. The van der Waals surface area contributed by atoms with Crippen molar-refractivity contribution in [3.8, 4) is 0 Å². The topological polar surface area (TPSA) is 50.9 Å². The van der Waals surface area contributed by atoms with Gasteiger partial charge in [-0.25, -0.2) is 9.07 Å². The fourth-order valence-corrected chi connectivity index (χ4v) is 1.78. The Morgan fingerprint density at radius 2 is 2.00 bits per heavy atom. The van der Waals surface area contributed by atoms with Crippen LogP contribution in [0.1, 0.15) is 30.3 Å². The quantitative estimate of drug-likeness (QED) is 0.899. The molecule has 4 nitrogen and oxygen atoms in total. The Kier molecular flexibility index (Phi) is 4.41. The van der Waals surface area contributed by atoms with E-state index in [-0.39, 0.29) is 12.4 Å².